The Kier molecular flexibility index (Phi) is 6.95. The first-order chi connectivity index (χ1) is 20.4. The summed E-state index contributed by atoms with van der Waals surface area (Å²) in [5.41, 5.74) is 4.90. The van der Waals surface area contributed by atoms with E-state index < -0.39 is 9.84 Å². The Bertz CT molecular complexity index is 1810. The van der Waals surface area contributed by atoms with E-state index in [-0.39, 0.29) is 6.23 Å². The summed E-state index contributed by atoms with van der Waals surface area (Å²) in [5, 5.41) is 10.7. The van der Waals surface area contributed by atoms with E-state index in [4.69, 9.17) is 19.7 Å². The molecule has 2 aliphatic rings. The van der Waals surface area contributed by atoms with Crippen molar-refractivity contribution in [1.29, 1.82) is 0 Å². The molecule has 4 aromatic heterocycles. The molecule has 7 rings (SSSR count). The van der Waals surface area contributed by atoms with Crippen LogP contribution in [-0.4, -0.2) is 71.8 Å². The Hall–Kier alpha value is -4.16. The molecule has 1 aromatic carbocycles. The number of rotatable bonds is 7. The summed E-state index contributed by atoms with van der Waals surface area (Å²) in [7, 11) is -3.23. The van der Waals surface area contributed by atoms with Crippen molar-refractivity contribution in [2.75, 3.05) is 48.8 Å². The number of nitrogens with zero attached hydrogens (tertiary/aromatic N) is 7. The highest BCUT2D eigenvalue weighted by Crippen LogP contribution is 2.35. The average Bonchev–Trinajstić information content (AvgIpc) is 3.60. The summed E-state index contributed by atoms with van der Waals surface area (Å²) in [5.74, 6) is 0.728. The normalized spacial score (nSPS) is 18.2. The van der Waals surface area contributed by atoms with Gasteiger partial charge in [-0.1, -0.05) is 0 Å². The number of hydrogen-bond donors (Lipinski definition) is 0. The number of fused-ring (bicyclic) bond motifs is 3. The van der Waals surface area contributed by atoms with Gasteiger partial charge in [-0.2, -0.15) is 5.10 Å². The maximum atomic E-state index is 11.9. The van der Waals surface area contributed by atoms with Crippen LogP contribution in [0.2, 0.25) is 0 Å². The lowest BCUT2D eigenvalue weighted by atomic mass is 10.2. The van der Waals surface area contributed by atoms with E-state index >= 15 is 0 Å². The number of benzene rings is 1. The van der Waals surface area contributed by atoms with Crippen molar-refractivity contribution in [3.8, 4) is 5.75 Å². The van der Waals surface area contributed by atoms with Crippen molar-refractivity contribution in [1.82, 2.24) is 24.4 Å². The number of anilines is 2. The number of ether oxygens (including phenoxy) is 2. The van der Waals surface area contributed by atoms with Gasteiger partial charge in [-0.3, -0.25) is 4.98 Å². The van der Waals surface area contributed by atoms with Crippen LogP contribution in [0.4, 0.5) is 11.4 Å². The first kappa shape index (κ1) is 26.7. The van der Waals surface area contributed by atoms with E-state index in [2.05, 4.69) is 20.9 Å². The molecule has 0 N–H and O–H groups in total. The van der Waals surface area contributed by atoms with Gasteiger partial charge in [-0.25, -0.2) is 17.6 Å². The molecule has 218 valence electrons. The van der Waals surface area contributed by atoms with Crippen molar-refractivity contribution in [2.24, 2.45) is 0 Å². The zero-order chi connectivity index (χ0) is 28.7. The summed E-state index contributed by atoms with van der Waals surface area (Å²) in [4.78, 5) is 9.08. The van der Waals surface area contributed by atoms with Crippen LogP contribution in [0, 0.1) is 0 Å². The molecule has 0 amide bonds. The third-order valence-corrected chi connectivity index (χ3v) is 9.19. The number of hydrogen-bond acceptors (Lipinski definition) is 9. The van der Waals surface area contributed by atoms with Crippen LogP contribution in [-0.2, 0) is 21.2 Å². The van der Waals surface area contributed by atoms with E-state index in [0.29, 0.717) is 11.5 Å². The van der Waals surface area contributed by atoms with Crippen LogP contribution in [0.5, 0.6) is 5.75 Å². The molecule has 11 nitrogen and oxygen atoms in total. The second-order valence-electron chi connectivity index (χ2n) is 10.9. The molecule has 2 aliphatic heterocycles. The van der Waals surface area contributed by atoms with Crippen molar-refractivity contribution in [3.63, 3.8) is 0 Å². The second kappa shape index (κ2) is 10.9. The van der Waals surface area contributed by atoms with Gasteiger partial charge in [0, 0.05) is 63.2 Å². The molecule has 0 saturated carbocycles. The molecule has 0 aliphatic carbocycles. The highest BCUT2D eigenvalue weighted by atomic mass is 32.2. The van der Waals surface area contributed by atoms with Gasteiger partial charge in [-0.05, 0) is 61.2 Å². The molecule has 1 atom stereocenters. The van der Waals surface area contributed by atoms with Gasteiger partial charge in [0.2, 0.25) is 0 Å². The molecule has 42 heavy (non-hydrogen) atoms. The number of sulfone groups is 1. The molecule has 0 spiro atoms. The molecule has 6 heterocycles. The molecule has 1 unspecified atom stereocenters. The SMILES string of the molecule is CS(=O)(=O)c1ccc(N2CCN(c3cc(OCc4ccncc4)cn4nc5c(cnn5C5CCCCO5)c34)CC2)cc1. The smallest absolute Gasteiger partial charge is 0.183 e. The first-order valence-electron chi connectivity index (χ1n) is 14.3. The van der Waals surface area contributed by atoms with E-state index in [1.807, 2.05) is 45.9 Å². The fourth-order valence-electron chi connectivity index (χ4n) is 5.81. The Morgan fingerprint density at radius 3 is 2.48 bits per heavy atom. The van der Waals surface area contributed by atoms with Crippen molar-refractivity contribution in [2.45, 2.75) is 37.0 Å². The van der Waals surface area contributed by atoms with Gasteiger partial charge in [0.15, 0.2) is 21.7 Å². The van der Waals surface area contributed by atoms with Gasteiger partial charge in [-0.15, -0.1) is 5.10 Å². The Morgan fingerprint density at radius 2 is 1.76 bits per heavy atom. The molecule has 12 heteroatoms. The minimum absolute atomic E-state index is 0.107. The van der Waals surface area contributed by atoms with Crippen molar-refractivity contribution < 1.29 is 17.9 Å². The minimum atomic E-state index is -3.23. The van der Waals surface area contributed by atoms with Crippen LogP contribution in [0.15, 0.2) is 72.1 Å². The molecule has 2 saturated heterocycles. The lowest BCUT2D eigenvalue weighted by molar-refractivity contribution is -0.0370. The summed E-state index contributed by atoms with van der Waals surface area (Å²) in [6.07, 6.45) is 11.6. The monoisotopic (exact) mass is 587 g/mol. The zero-order valence-electron chi connectivity index (χ0n) is 23.5. The van der Waals surface area contributed by atoms with E-state index in [0.717, 1.165) is 91.3 Å². The van der Waals surface area contributed by atoms with Crippen LogP contribution >= 0.6 is 0 Å². The molecular formula is C30H33N7O4S. The summed E-state index contributed by atoms with van der Waals surface area (Å²) in [6, 6.07) is 13.1. The third-order valence-electron chi connectivity index (χ3n) is 8.06. The average molecular weight is 588 g/mol. The maximum absolute atomic E-state index is 11.9. The molecule has 0 bridgehead atoms. The third kappa shape index (κ3) is 5.16. The molecular weight excluding hydrogens is 554 g/mol. The number of piperazine rings is 1. The van der Waals surface area contributed by atoms with E-state index in [1.165, 1.54) is 6.26 Å². The highest BCUT2D eigenvalue weighted by Gasteiger charge is 2.26. The summed E-state index contributed by atoms with van der Waals surface area (Å²) < 4.78 is 39.9. The summed E-state index contributed by atoms with van der Waals surface area (Å²) in [6.45, 7) is 4.31. The van der Waals surface area contributed by atoms with Crippen LogP contribution in [0.25, 0.3) is 16.6 Å². The summed E-state index contributed by atoms with van der Waals surface area (Å²) >= 11 is 0. The Morgan fingerprint density at radius 1 is 1.00 bits per heavy atom. The molecule has 0 radical (unpaired) electrons. The second-order valence-corrected chi connectivity index (χ2v) is 12.9. The fourth-order valence-corrected chi connectivity index (χ4v) is 6.44. The number of pyridine rings is 2. The van der Waals surface area contributed by atoms with Crippen molar-refractivity contribution in [3.05, 3.63) is 72.8 Å². The van der Waals surface area contributed by atoms with Crippen LogP contribution in [0.1, 0.15) is 31.1 Å². The zero-order valence-corrected chi connectivity index (χ0v) is 24.3. The van der Waals surface area contributed by atoms with Crippen LogP contribution in [0.3, 0.4) is 0 Å². The Balaban J connectivity index is 1.20. The topological polar surface area (TPSA) is 107 Å². The van der Waals surface area contributed by atoms with Gasteiger partial charge in [0.25, 0.3) is 0 Å². The lowest BCUT2D eigenvalue weighted by Crippen LogP contribution is -2.46. The number of aromatic nitrogens is 5. The predicted molar refractivity (Wildman–Crippen MR) is 160 cm³/mol. The van der Waals surface area contributed by atoms with Gasteiger partial charge < -0.3 is 19.3 Å². The van der Waals surface area contributed by atoms with Crippen molar-refractivity contribution >= 4 is 37.8 Å². The largest absolute Gasteiger partial charge is 0.487 e. The maximum Gasteiger partial charge on any atom is 0.183 e. The molecule has 5 aromatic rings. The van der Waals surface area contributed by atoms with E-state index in [9.17, 15) is 8.42 Å². The van der Waals surface area contributed by atoms with Crippen LogP contribution < -0.4 is 14.5 Å². The Labute approximate surface area is 244 Å². The van der Waals surface area contributed by atoms with Gasteiger partial charge in [0.05, 0.1) is 28.4 Å². The minimum Gasteiger partial charge on any atom is -0.487 e. The molecule has 2 fully saturated rings. The highest BCUT2D eigenvalue weighted by molar-refractivity contribution is 7.90. The van der Waals surface area contributed by atoms with Gasteiger partial charge in [0.1, 0.15) is 17.9 Å². The lowest BCUT2D eigenvalue weighted by Gasteiger charge is -2.37. The quantitative estimate of drug-likeness (QED) is 0.278. The van der Waals surface area contributed by atoms with Gasteiger partial charge >= 0.3 is 0 Å². The van der Waals surface area contributed by atoms with E-state index in [1.54, 1.807) is 24.5 Å². The first-order valence-corrected chi connectivity index (χ1v) is 16.2. The standard InChI is InChI=1S/C30H33N7O4S/c1-42(38,39)25-7-5-23(6-8-25)34-13-15-35(16-14-34)27-18-24(41-21-22-9-11-31-12-10-22)20-36-29(27)26-19-32-37(30(26)33-36)28-4-2-3-17-40-28/h5-12,18-20,28H,2-4,13-17,21H2,1H3. The predicted octanol–water partition coefficient (Wildman–Crippen LogP) is 4.09. The fraction of sp³-hybridized carbons (Fsp3) is 0.367.